The topological polar surface area (TPSA) is 91.8 Å². The molecular formula is C16H19N5O2S. The number of carbonyl (C=O) groups excluding carboxylic acids is 1. The van der Waals surface area contributed by atoms with Crippen LogP contribution in [0.25, 0.3) is 0 Å². The van der Waals surface area contributed by atoms with Gasteiger partial charge < -0.3 is 9.88 Å². The number of likely N-dealkylation sites (tertiary alicyclic amines) is 1. The Morgan fingerprint density at radius 2 is 2.12 bits per heavy atom. The van der Waals surface area contributed by atoms with E-state index in [4.69, 9.17) is 0 Å². The molecule has 3 heterocycles. The zero-order valence-electron chi connectivity index (χ0n) is 13.7. The van der Waals surface area contributed by atoms with E-state index in [0.29, 0.717) is 29.6 Å². The van der Waals surface area contributed by atoms with Gasteiger partial charge in [-0.1, -0.05) is 11.8 Å². The van der Waals surface area contributed by atoms with Crippen molar-refractivity contribution in [2.75, 3.05) is 19.3 Å². The van der Waals surface area contributed by atoms with Crippen LogP contribution in [0.1, 0.15) is 40.6 Å². The summed E-state index contributed by atoms with van der Waals surface area (Å²) < 4.78 is 0. The summed E-state index contributed by atoms with van der Waals surface area (Å²) in [5.41, 5.74) is 1.09. The number of hydrogen-bond acceptors (Lipinski definition) is 6. The summed E-state index contributed by atoms with van der Waals surface area (Å²) in [5.74, 6) is 0.603. The average Bonchev–Trinajstić information content (AvgIpc) is 2.60. The summed E-state index contributed by atoms with van der Waals surface area (Å²) in [6.07, 6.45) is 6.83. The molecule has 1 amide bonds. The third-order valence-corrected chi connectivity index (χ3v) is 4.64. The molecule has 1 aliphatic rings. The van der Waals surface area contributed by atoms with E-state index in [1.165, 1.54) is 17.8 Å². The van der Waals surface area contributed by atoms with Crippen molar-refractivity contribution in [1.29, 1.82) is 0 Å². The molecular weight excluding hydrogens is 326 g/mol. The maximum Gasteiger partial charge on any atom is 0.257 e. The van der Waals surface area contributed by atoms with Crippen molar-refractivity contribution in [3.8, 4) is 0 Å². The smallest absolute Gasteiger partial charge is 0.257 e. The molecule has 3 rings (SSSR count). The molecule has 2 aromatic rings. The first-order chi connectivity index (χ1) is 11.6. The van der Waals surface area contributed by atoms with E-state index in [0.717, 1.165) is 18.5 Å². The van der Waals surface area contributed by atoms with Gasteiger partial charge in [-0.2, -0.15) is 0 Å². The zero-order valence-corrected chi connectivity index (χ0v) is 14.5. The van der Waals surface area contributed by atoms with Crippen LogP contribution >= 0.6 is 11.8 Å². The van der Waals surface area contributed by atoms with Crippen LogP contribution in [0, 0.1) is 6.92 Å². The molecule has 126 valence electrons. The number of H-pyrrole nitrogens is 1. The Labute approximate surface area is 143 Å². The van der Waals surface area contributed by atoms with E-state index >= 15 is 0 Å². The molecule has 1 unspecified atom stereocenters. The van der Waals surface area contributed by atoms with Gasteiger partial charge in [0.25, 0.3) is 11.5 Å². The molecule has 1 N–H and O–H groups in total. The van der Waals surface area contributed by atoms with Crippen molar-refractivity contribution in [2.24, 2.45) is 0 Å². The van der Waals surface area contributed by atoms with Crippen LogP contribution in [-0.4, -0.2) is 50.1 Å². The zero-order chi connectivity index (χ0) is 17.1. The lowest BCUT2D eigenvalue weighted by Crippen LogP contribution is -2.39. The van der Waals surface area contributed by atoms with Gasteiger partial charge >= 0.3 is 0 Å². The third kappa shape index (κ3) is 3.64. The predicted octanol–water partition coefficient (Wildman–Crippen LogP) is 1.61. The molecule has 0 saturated carbocycles. The Balaban J connectivity index is 1.77. The molecule has 7 nitrogen and oxygen atoms in total. The largest absolute Gasteiger partial charge is 0.338 e. The fraction of sp³-hybridized carbons (Fsp3) is 0.438. The van der Waals surface area contributed by atoms with Crippen molar-refractivity contribution in [1.82, 2.24) is 24.8 Å². The summed E-state index contributed by atoms with van der Waals surface area (Å²) in [6.45, 7) is 3.02. The summed E-state index contributed by atoms with van der Waals surface area (Å²) in [5, 5.41) is 0.645. The van der Waals surface area contributed by atoms with Gasteiger partial charge in [0.1, 0.15) is 5.82 Å². The molecule has 1 aliphatic heterocycles. The molecule has 1 fully saturated rings. The lowest BCUT2D eigenvalue weighted by molar-refractivity contribution is 0.0704. The lowest BCUT2D eigenvalue weighted by Gasteiger charge is -2.32. The second-order valence-electron chi connectivity index (χ2n) is 5.80. The van der Waals surface area contributed by atoms with Gasteiger partial charge in [0, 0.05) is 37.5 Å². The van der Waals surface area contributed by atoms with Crippen molar-refractivity contribution in [3.63, 3.8) is 0 Å². The highest BCUT2D eigenvalue weighted by Gasteiger charge is 2.27. The number of nitrogens with one attached hydrogen (secondary N) is 1. The quantitative estimate of drug-likeness (QED) is 0.671. The number of carbonyl (C=O) groups is 1. The monoisotopic (exact) mass is 345 g/mol. The predicted molar refractivity (Wildman–Crippen MR) is 91.3 cm³/mol. The minimum atomic E-state index is -0.151. The normalized spacial score (nSPS) is 17.8. The highest BCUT2D eigenvalue weighted by Crippen LogP contribution is 2.26. The number of rotatable bonds is 3. The number of aromatic nitrogens is 4. The summed E-state index contributed by atoms with van der Waals surface area (Å²) in [6, 6.07) is 1.53. The van der Waals surface area contributed by atoms with Crippen LogP contribution in [0.4, 0.5) is 0 Å². The van der Waals surface area contributed by atoms with Crippen LogP contribution in [0.5, 0.6) is 0 Å². The fourth-order valence-electron chi connectivity index (χ4n) is 2.93. The van der Waals surface area contributed by atoms with E-state index in [2.05, 4.69) is 19.9 Å². The number of piperidine rings is 1. The Morgan fingerprint density at radius 3 is 2.79 bits per heavy atom. The summed E-state index contributed by atoms with van der Waals surface area (Å²) in [7, 11) is 0. The second kappa shape index (κ2) is 7.12. The van der Waals surface area contributed by atoms with Crippen LogP contribution in [-0.2, 0) is 0 Å². The van der Waals surface area contributed by atoms with Gasteiger partial charge in [-0.25, -0.2) is 15.0 Å². The van der Waals surface area contributed by atoms with Crippen molar-refractivity contribution in [2.45, 2.75) is 30.8 Å². The molecule has 1 atom stereocenters. The fourth-order valence-corrected chi connectivity index (χ4v) is 3.25. The van der Waals surface area contributed by atoms with Crippen LogP contribution in [0.2, 0.25) is 0 Å². The van der Waals surface area contributed by atoms with Gasteiger partial charge in [-0.15, -0.1) is 0 Å². The third-order valence-electron chi connectivity index (χ3n) is 4.06. The maximum atomic E-state index is 12.7. The maximum absolute atomic E-state index is 12.7. The van der Waals surface area contributed by atoms with Crippen LogP contribution < -0.4 is 5.56 Å². The van der Waals surface area contributed by atoms with E-state index in [1.807, 2.05) is 6.26 Å². The first-order valence-electron chi connectivity index (χ1n) is 7.80. The SMILES string of the molecule is CSc1ncc(C(=O)N2CCCC(c3cc(=O)[nH]c(C)n3)C2)cn1. The van der Waals surface area contributed by atoms with E-state index in [1.54, 1.807) is 24.2 Å². The molecule has 0 radical (unpaired) electrons. The molecule has 24 heavy (non-hydrogen) atoms. The Bertz CT molecular complexity index is 790. The number of amides is 1. The highest BCUT2D eigenvalue weighted by molar-refractivity contribution is 7.98. The first-order valence-corrected chi connectivity index (χ1v) is 9.02. The lowest BCUT2D eigenvalue weighted by atomic mass is 9.94. The molecule has 0 aromatic carbocycles. The van der Waals surface area contributed by atoms with Gasteiger partial charge in [-0.05, 0) is 26.0 Å². The van der Waals surface area contributed by atoms with Gasteiger partial charge in [0.15, 0.2) is 5.16 Å². The Kier molecular flexibility index (Phi) is 4.94. The number of aryl methyl sites for hydroxylation is 1. The molecule has 0 bridgehead atoms. The number of hydrogen-bond donors (Lipinski definition) is 1. The molecule has 2 aromatic heterocycles. The van der Waals surface area contributed by atoms with Crippen LogP contribution in [0.3, 0.4) is 0 Å². The summed E-state index contributed by atoms with van der Waals surface area (Å²) >= 11 is 1.44. The standard InChI is InChI=1S/C16H19N5O2S/c1-10-19-13(6-14(22)20-10)11-4-3-5-21(9-11)15(23)12-7-17-16(24-2)18-8-12/h6-8,11H,3-5,9H2,1-2H3,(H,19,20,22). The van der Waals surface area contributed by atoms with Crippen molar-refractivity contribution in [3.05, 3.63) is 45.9 Å². The van der Waals surface area contributed by atoms with E-state index in [-0.39, 0.29) is 17.4 Å². The minimum absolute atomic E-state index is 0.0751. The first kappa shape index (κ1) is 16.6. The average molecular weight is 345 g/mol. The van der Waals surface area contributed by atoms with E-state index in [9.17, 15) is 9.59 Å². The Hall–Kier alpha value is -2.22. The van der Waals surface area contributed by atoms with Crippen molar-refractivity contribution >= 4 is 17.7 Å². The number of thioether (sulfide) groups is 1. The minimum Gasteiger partial charge on any atom is -0.338 e. The van der Waals surface area contributed by atoms with Gasteiger partial charge in [0.05, 0.1) is 11.3 Å². The molecule has 1 saturated heterocycles. The highest BCUT2D eigenvalue weighted by atomic mass is 32.2. The van der Waals surface area contributed by atoms with E-state index < -0.39 is 0 Å². The van der Waals surface area contributed by atoms with Crippen LogP contribution in [0.15, 0.2) is 28.4 Å². The number of aromatic amines is 1. The van der Waals surface area contributed by atoms with Crippen molar-refractivity contribution < 1.29 is 4.79 Å². The number of nitrogens with zero attached hydrogens (tertiary/aromatic N) is 4. The molecule has 0 aliphatic carbocycles. The van der Waals surface area contributed by atoms with Gasteiger partial charge in [0.2, 0.25) is 0 Å². The molecule has 0 spiro atoms. The second-order valence-corrected chi connectivity index (χ2v) is 6.58. The molecule has 8 heteroatoms. The Morgan fingerprint density at radius 1 is 1.38 bits per heavy atom. The summed E-state index contributed by atoms with van der Waals surface area (Å²) in [4.78, 5) is 41.5. The van der Waals surface area contributed by atoms with Gasteiger partial charge in [-0.3, -0.25) is 9.59 Å².